The van der Waals surface area contributed by atoms with E-state index in [1.54, 1.807) is 24.1 Å². The van der Waals surface area contributed by atoms with Crippen molar-refractivity contribution in [1.82, 2.24) is 4.90 Å². The lowest BCUT2D eigenvalue weighted by Gasteiger charge is -2.20. The van der Waals surface area contributed by atoms with Gasteiger partial charge < -0.3 is 10.0 Å². The largest absolute Gasteiger partial charge is 0.391 e. The van der Waals surface area contributed by atoms with Crippen LogP contribution in [0.2, 0.25) is 0 Å². The Morgan fingerprint density at radius 2 is 2.25 bits per heavy atom. The van der Waals surface area contributed by atoms with Crippen molar-refractivity contribution in [1.29, 1.82) is 0 Å². The summed E-state index contributed by atoms with van der Waals surface area (Å²) in [5.74, 6) is -0.00553. The maximum Gasteiger partial charge on any atom is 0.222 e. The van der Waals surface area contributed by atoms with E-state index in [1.165, 1.54) is 6.07 Å². The highest BCUT2D eigenvalue weighted by atomic mass is 79.9. The zero-order chi connectivity index (χ0) is 14.7. The predicted molar refractivity (Wildman–Crippen MR) is 78.8 cm³/mol. The molecule has 1 atom stereocenters. The van der Waals surface area contributed by atoms with Crippen LogP contribution < -0.4 is 0 Å². The van der Waals surface area contributed by atoms with Crippen LogP contribution in [-0.4, -0.2) is 35.6 Å². The Hall–Kier alpha value is -0.940. The molecule has 0 radical (unpaired) electrons. The number of aliphatic hydroxyl groups excluding tert-OH is 1. The number of carbonyl (C=O) groups excluding carboxylic acids is 1. The molecule has 1 amide bonds. The van der Waals surface area contributed by atoms with E-state index in [4.69, 9.17) is 0 Å². The first-order chi connectivity index (χ1) is 9.47. The smallest absolute Gasteiger partial charge is 0.222 e. The second-order valence-corrected chi connectivity index (χ2v) is 6.33. The lowest BCUT2D eigenvalue weighted by Crippen LogP contribution is -2.35. The summed E-state index contributed by atoms with van der Waals surface area (Å²) in [6.07, 6.45) is 2.31. The maximum absolute atomic E-state index is 13.6. The van der Waals surface area contributed by atoms with Crippen LogP contribution in [0.4, 0.5) is 4.39 Å². The van der Waals surface area contributed by atoms with Crippen molar-refractivity contribution in [3.05, 3.63) is 34.1 Å². The van der Waals surface area contributed by atoms with Crippen LogP contribution in [0.5, 0.6) is 0 Å². The maximum atomic E-state index is 13.6. The van der Waals surface area contributed by atoms with Gasteiger partial charge in [0.25, 0.3) is 0 Å². The van der Waals surface area contributed by atoms with Gasteiger partial charge in [-0.3, -0.25) is 4.79 Å². The third-order valence-corrected chi connectivity index (χ3v) is 4.17. The molecular formula is C15H19BrFNO2. The van der Waals surface area contributed by atoms with E-state index < -0.39 is 6.10 Å². The number of halogens is 2. The van der Waals surface area contributed by atoms with Gasteiger partial charge in [0.1, 0.15) is 5.82 Å². The Bertz CT molecular complexity index is 491. The highest BCUT2D eigenvalue weighted by Gasteiger charge is 2.31. The Balaban J connectivity index is 1.81. The minimum Gasteiger partial charge on any atom is -0.391 e. The van der Waals surface area contributed by atoms with Crippen LogP contribution in [0.1, 0.15) is 24.8 Å². The normalized spacial score (nSPS) is 16.0. The third-order valence-electron chi connectivity index (χ3n) is 3.68. The topological polar surface area (TPSA) is 40.5 Å². The molecule has 5 heteroatoms. The molecule has 3 nitrogen and oxygen atoms in total. The average molecular weight is 344 g/mol. The molecule has 0 aromatic heterocycles. The van der Waals surface area contributed by atoms with E-state index in [0.717, 1.165) is 12.8 Å². The monoisotopic (exact) mass is 343 g/mol. The summed E-state index contributed by atoms with van der Waals surface area (Å²) in [6.45, 7) is 0.367. The Kier molecular flexibility index (Phi) is 5.16. The fourth-order valence-electron chi connectivity index (χ4n) is 2.17. The van der Waals surface area contributed by atoms with Crippen LogP contribution in [0.3, 0.4) is 0 Å². The molecule has 1 aromatic carbocycles. The molecule has 20 heavy (non-hydrogen) atoms. The highest BCUT2D eigenvalue weighted by molar-refractivity contribution is 9.10. The molecule has 110 valence electrons. The molecule has 0 saturated heterocycles. The number of amides is 1. The van der Waals surface area contributed by atoms with Crippen molar-refractivity contribution in [2.45, 2.75) is 31.8 Å². The summed E-state index contributed by atoms with van der Waals surface area (Å²) < 4.78 is 14.3. The molecular weight excluding hydrogens is 325 g/mol. The van der Waals surface area contributed by atoms with E-state index >= 15 is 0 Å². The molecule has 2 rings (SSSR count). The van der Waals surface area contributed by atoms with Crippen LogP contribution >= 0.6 is 15.9 Å². The Morgan fingerprint density at radius 1 is 1.55 bits per heavy atom. The lowest BCUT2D eigenvalue weighted by atomic mass is 10.1. The van der Waals surface area contributed by atoms with Crippen LogP contribution in [-0.2, 0) is 11.2 Å². The van der Waals surface area contributed by atoms with Gasteiger partial charge in [-0.15, -0.1) is 0 Å². The van der Waals surface area contributed by atoms with Crippen molar-refractivity contribution < 1.29 is 14.3 Å². The Labute approximate surface area is 126 Å². The first-order valence-electron chi connectivity index (χ1n) is 6.83. The third kappa shape index (κ3) is 4.28. The fourth-order valence-corrected chi connectivity index (χ4v) is 2.50. The molecule has 1 aliphatic rings. The number of hydrogen-bond acceptors (Lipinski definition) is 2. The van der Waals surface area contributed by atoms with Crippen molar-refractivity contribution in [3.63, 3.8) is 0 Å². The van der Waals surface area contributed by atoms with Crippen LogP contribution in [0.15, 0.2) is 22.7 Å². The zero-order valence-electron chi connectivity index (χ0n) is 11.5. The highest BCUT2D eigenvalue weighted by Crippen LogP contribution is 2.32. The molecule has 1 unspecified atom stereocenters. The number of nitrogens with zero attached hydrogens (tertiary/aromatic N) is 1. The Morgan fingerprint density at radius 3 is 2.85 bits per heavy atom. The van der Waals surface area contributed by atoms with E-state index in [1.807, 2.05) is 0 Å². The van der Waals surface area contributed by atoms with Gasteiger partial charge in [-0.25, -0.2) is 4.39 Å². The second-order valence-electron chi connectivity index (χ2n) is 5.41. The summed E-state index contributed by atoms with van der Waals surface area (Å²) in [5.41, 5.74) is 0.540. The number of benzene rings is 1. The molecule has 1 aliphatic carbocycles. The number of aliphatic hydroxyl groups is 1. The molecule has 1 N–H and O–H groups in total. The van der Waals surface area contributed by atoms with Gasteiger partial charge in [-0.2, -0.15) is 0 Å². The number of carbonyl (C=O) groups is 1. The predicted octanol–water partition coefficient (Wildman–Crippen LogP) is 2.75. The lowest BCUT2D eigenvalue weighted by molar-refractivity contribution is -0.131. The molecule has 1 saturated carbocycles. The van der Waals surface area contributed by atoms with E-state index in [2.05, 4.69) is 15.9 Å². The molecule has 0 spiro atoms. The van der Waals surface area contributed by atoms with Crippen LogP contribution in [0.25, 0.3) is 0 Å². The number of hydrogen-bond donors (Lipinski definition) is 1. The molecule has 1 fully saturated rings. The number of aryl methyl sites for hydroxylation is 1. The van der Waals surface area contributed by atoms with E-state index in [-0.39, 0.29) is 18.1 Å². The van der Waals surface area contributed by atoms with Gasteiger partial charge in [0.05, 0.1) is 6.10 Å². The van der Waals surface area contributed by atoms with E-state index in [9.17, 15) is 14.3 Å². The second kappa shape index (κ2) is 6.68. The van der Waals surface area contributed by atoms with E-state index in [0.29, 0.717) is 28.9 Å². The minimum absolute atomic E-state index is 0.0629. The summed E-state index contributed by atoms with van der Waals surface area (Å²) in [4.78, 5) is 13.5. The van der Waals surface area contributed by atoms with Crippen LogP contribution in [0, 0.1) is 11.7 Å². The van der Waals surface area contributed by atoms with Crippen molar-refractivity contribution in [3.8, 4) is 0 Å². The van der Waals surface area contributed by atoms with Gasteiger partial charge in [0, 0.05) is 24.5 Å². The van der Waals surface area contributed by atoms with Gasteiger partial charge in [0.2, 0.25) is 5.91 Å². The first kappa shape index (κ1) is 15.4. The quantitative estimate of drug-likeness (QED) is 0.862. The summed E-state index contributed by atoms with van der Waals surface area (Å²) in [5, 5.41) is 9.81. The number of rotatable bonds is 6. The van der Waals surface area contributed by atoms with Crippen molar-refractivity contribution in [2.24, 2.45) is 5.92 Å². The molecule has 1 aromatic rings. The SMILES string of the molecule is CN(CC(O)C1CC1)C(=O)CCc1ccc(Br)cc1F. The zero-order valence-corrected chi connectivity index (χ0v) is 13.1. The van der Waals surface area contributed by atoms with Gasteiger partial charge in [-0.05, 0) is 42.9 Å². The summed E-state index contributed by atoms with van der Waals surface area (Å²) >= 11 is 3.20. The first-order valence-corrected chi connectivity index (χ1v) is 7.62. The summed E-state index contributed by atoms with van der Waals surface area (Å²) in [6, 6.07) is 4.86. The minimum atomic E-state index is -0.423. The fraction of sp³-hybridized carbons (Fsp3) is 0.533. The van der Waals surface area contributed by atoms with Gasteiger partial charge in [-0.1, -0.05) is 22.0 Å². The van der Waals surface area contributed by atoms with Gasteiger partial charge >= 0.3 is 0 Å². The summed E-state index contributed by atoms with van der Waals surface area (Å²) in [7, 11) is 1.69. The van der Waals surface area contributed by atoms with Crippen molar-refractivity contribution in [2.75, 3.05) is 13.6 Å². The molecule has 0 heterocycles. The van der Waals surface area contributed by atoms with Crippen molar-refractivity contribution >= 4 is 21.8 Å². The molecule has 0 bridgehead atoms. The average Bonchev–Trinajstić information content (AvgIpc) is 3.21. The molecule has 0 aliphatic heterocycles. The number of likely N-dealkylation sites (N-methyl/N-ethyl adjacent to an activating group) is 1. The standard InChI is InChI=1S/C15H19BrFNO2/c1-18(9-14(19)11-2-3-11)15(20)7-5-10-4-6-12(16)8-13(10)17/h4,6,8,11,14,19H,2-3,5,7,9H2,1H3. The van der Waals surface area contributed by atoms with Gasteiger partial charge in [0.15, 0.2) is 0 Å².